The van der Waals surface area contributed by atoms with Crippen LogP contribution < -0.4 is 15.2 Å². The number of hydrogen-bond donors (Lipinski definition) is 1. The third kappa shape index (κ3) is 4.20. The van der Waals surface area contributed by atoms with Crippen LogP contribution in [0, 0.1) is 5.82 Å². The summed E-state index contributed by atoms with van der Waals surface area (Å²) < 4.78 is 67.4. The zero-order valence-corrected chi connectivity index (χ0v) is 11.8. The molecule has 1 aliphatic rings. The molecule has 1 N–H and O–H groups in total. The summed E-state index contributed by atoms with van der Waals surface area (Å²) in [5.41, 5.74) is -0.921. The van der Waals surface area contributed by atoms with Crippen LogP contribution in [0.5, 0.6) is 5.75 Å². The van der Waals surface area contributed by atoms with Gasteiger partial charge in [0, 0.05) is 0 Å². The Morgan fingerprint density at radius 2 is 2.05 bits per heavy atom. The molecule has 1 aromatic rings. The van der Waals surface area contributed by atoms with Crippen LogP contribution in [0.1, 0.15) is 12.8 Å². The van der Waals surface area contributed by atoms with Crippen LogP contribution in [0.2, 0.25) is 0 Å². The summed E-state index contributed by atoms with van der Waals surface area (Å²) in [6, 6.07) is 1.69. The molecule has 0 bridgehead atoms. The van der Waals surface area contributed by atoms with Crippen LogP contribution in [-0.4, -0.2) is 24.9 Å². The third-order valence-electron chi connectivity index (χ3n) is 2.93. The van der Waals surface area contributed by atoms with Gasteiger partial charge in [0.05, 0.1) is 6.04 Å². The van der Waals surface area contributed by atoms with E-state index in [1.165, 1.54) is 0 Å². The first-order valence-corrected chi connectivity index (χ1v) is 6.07. The standard InChI is InChI=1S/C12H11F5N2O2.ClH/c13-10-8(4-1-5-9(10)21-12(14,15)16)19(17)11(20)7-3-2-6-18-7;/h1,4-5,7,18H,2-3,6H2;1H. The number of carbonyl (C=O) groups excluding carboxylic acids is 1. The molecule has 1 unspecified atom stereocenters. The molecular weight excluding hydrogens is 335 g/mol. The largest absolute Gasteiger partial charge is 0.573 e. The Morgan fingerprint density at radius 3 is 2.59 bits per heavy atom. The van der Waals surface area contributed by atoms with Crippen molar-refractivity contribution >= 4 is 24.0 Å². The van der Waals surface area contributed by atoms with Crippen molar-refractivity contribution in [1.82, 2.24) is 5.32 Å². The van der Waals surface area contributed by atoms with Crippen molar-refractivity contribution in [3.63, 3.8) is 0 Å². The van der Waals surface area contributed by atoms with Crippen molar-refractivity contribution in [3.05, 3.63) is 24.0 Å². The van der Waals surface area contributed by atoms with Crippen molar-refractivity contribution in [2.45, 2.75) is 25.2 Å². The Hall–Kier alpha value is -1.61. The number of alkyl halides is 3. The summed E-state index contributed by atoms with van der Waals surface area (Å²) in [5, 5.41) is 2.22. The van der Waals surface area contributed by atoms with Crippen LogP contribution in [-0.2, 0) is 4.79 Å². The first kappa shape index (κ1) is 18.4. The number of ether oxygens (including phenoxy) is 1. The van der Waals surface area contributed by atoms with E-state index >= 15 is 0 Å². The molecule has 1 fully saturated rings. The molecule has 0 saturated carbocycles. The lowest BCUT2D eigenvalue weighted by Gasteiger charge is -2.18. The zero-order valence-electron chi connectivity index (χ0n) is 11.0. The normalized spacial score (nSPS) is 17.8. The number of carbonyl (C=O) groups is 1. The Bertz CT molecular complexity index is 535. The molecule has 0 spiro atoms. The fourth-order valence-corrected chi connectivity index (χ4v) is 2.01. The van der Waals surface area contributed by atoms with Gasteiger partial charge in [0.1, 0.15) is 5.69 Å². The number of anilines is 1. The monoisotopic (exact) mass is 346 g/mol. The van der Waals surface area contributed by atoms with Crippen molar-refractivity contribution < 1.29 is 31.6 Å². The average molecular weight is 347 g/mol. The quantitative estimate of drug-likeness (QED) is 0.675. The van der Waals surface area contributed by atoms with Gasteiger partial charge in [0.25, 0.3) is 5.91 Å². The van der Waals surface area contributed by atoms with Gasteiger partial charge in [-0.2, -0.15) is 0 Å². The van der Waals surface area contributed by atoms with Crippen LogP contribution in [0.25, 0.3) is 0 Å². The molecule has 0 aromatic heterocycles. The van der Waals surface area contributed by atoms with E-state index in [0.717, 1.165) is 12.1 Å². The van der Waals surface area contributed by atoms with Gasteiger partial charge in [-0.25, -0.2) is 4.39 Å². The first-order valence-electron chi connectivity index (χ1n) is 6.07. The third-order valence-corrected chi connectivity index (χ3v) is 2.93. The molecule has 1 amide bonds. The number of amides is 1. The molecule has 1 aliphatic heterocycles. The van der Waals surface area contributed by atoms with Crippen molar-refractivity contribution in [1.29, 1.82) is 0 Å². The summed E-state index contributed by atoms with van der Waals surface area (Å²) in [4.78, 5) is 11.8. The minimum atomic E-state index is -5.11. The van der Waals surface area contributed by atoms with Gasteiger partial charge in [-0.3, -0.25) is 4.79 Å². The van der Waals surface area contributed by atoms with Gasteiger partial charge in [-0.1, -0.05) is 10.5 Å². The van der Waals surface area contributed by atoms with E-state index < -0.39 is 40.7 Å². The Balaban J connectivity index is 0.00000242. The maximum atomic E-state index is 13.9. The fraction of sp³-hybridized carbons (Fsp3) is 0.417. The smallest absolute Gasteiger partial charge is 0.403 e. The minimum absolute atomic E-state index is 0. The van der Waals surface area contributed by atoms with E-state index in [1.54, 1.807) is 0 Å². The first-order chi connectivity index (χ1) is 9.79. The molecule has 1 saturated heterocycles. The number of rotatable bonds is 3. The highest BCUT2D eigenvalue weighted by molar-refractivity contribution is 5.95. The number of nitrogens with one attached hydrogen (secondary N) is 1. The second kappa shape index (κ2) is 7.10. The highest BCUT2D eigenvalue weighted by Gasteiger charge is 2.35. The summed E-state index contributed by atoms with van der Waals surface area (Å²) in [6.45, 7) is 0.518. The van der Waals surface area contributed by atoms with E-state index in [4.69, 9.17) is 0 Å². The summed E-state index contributed by atoms with van der Waals surface area (Å²) in [6.07, 6.45) is -4.08. The van der Waals surface area contributed by atoms with E-state index in [1.807, 2.05) is 0 Å². The number of halogens is 6. The van der Waals surface area contributed by atoms with Crippen molar-refractivity contribution in [2.24, 2.45) is 0 Å². The Kier molecular flexibility index (Phi) is 5.95. The van der Waals surface area contributed by atoms with Gasteiger partial charge in [-0.15, -0.1) is 30.7 Å². The van der Waals surface area contributed by atoms with Gasteiger partial charge >= 0.3 is 6.36 Å². The second-order valence-electron chi connectivity index (χ2n) is 4.41. The summed E-state index contributed by atoms with van der Waals surface area (Å²) >= 11 is 0. The van der Waals surface area contributed by atoms with Gasteiger partial charge in [0.2, 0.25) is 0 Å². The van der Waals surface area contributed by atoms with Crippen LogP contribution in [0.4, 0.5) is 27.7 Å². The van der Waals surface area contributed by atoms with Gasteiger partial charge in [-0.05, 0) is 31.5 Å². The van der Waals surface area contributed by atoms with Crippen molar-refractivity contribution in [2.75, 3.05) is 11.7 Å². The Morgan fingerprint density at radius 1 is 1.36 bits per heavy atom. The summed E-state index contributed by atoms with van der Waals surface area (Å²) in [7, 11) is 0. The lowest BCUT2D eigenvalue weighted by atomic mass is 10.2. The zero-order chi connectivity index (χ0) is 15.6. The maximum Gasteiger partial charge on any atom is 0.573 e. The topological polar surface area (TPSA) is 41.6 Å². The fourth-order valence-electron chi connectivity index (χ4n) is 2.01. The van der Waals surface area contributed by atoms with Gasteiger partial charge < -0.3 is 10.1 Å². The predicted molar refractivity (Wildman–Crippen MR) is 69.9 cm³/mol. The van der Waals surface area contributed by atoms with Gasteiger partial charge in [0.15, 0.2) is 11.6 Å². The molecule has 124 valence electrons. The van der Waals surface area contributed by atoms with E-state index in [2.05, 4.69) is 10.1 Å². The van der Waals surface area contributed by atoms with E-state index in [-0.39, 0.29) is 12.4 Å². The van der Waals surface area contributed by atoms with Crippen LogP contribution >= 0.6 is 12.4 Å². The number of nitrogens with zero attached hydrogens (tertiary/aromatic N) is 1. The lowest BCUT2D eigenvalue weighted by Crippen LogP contribution is -2.40. The van der Waals surface area contributed by atoms with E-state index in [0.29, 0.717) is 25.5 Å². The minimum Gasteiger partial charge on any atom is -0.403 e. The van der Waals surface area contributed by atoms with E-state index in [9.17, 15) is 26.8 Å². The van der Waals surface area contributed by atoms with Crippen LogP contribution in [0.15, 0.2) is 18.2 Å². The lowest BCUT2D eigenvalue weighted by molar-refractivity contribution is -0.275. The molecule has 2 rings (SSSR count). The molecule has 0 radical (unpaired) electrons. The summed E-state index contributed by atoms with van der Waals surface area (Å²) in [5.74, 6) is -3.85. The highest BCUT2D eigenvalue weighted by atomic mass is 35.5. The molecule has 1 aromatic carbocycles. The second-order valence-corrected chi connectivity index (χ2v) is 4.41. The number of hydrogen-bond acceptors (Lipinski definition) is 3. The molecule has 1 atom stereocenters. The molecule has 1 heterocycles. The van der Waals surface area contributed by atoms with Crippen LogP contribution in [0.3, 0.4) is 0 Å². The molecular formula is C12H12ClF5N2O2. The molecule has 10 heteroatoms. The molecule has 4 nitrogen and oxygen atoms in total. The SMILES string of the molecule is Cl.O=C(C1CCCN1)N(F)c1cccc(OC(F)(F)F)c1F. The highest BCUT2D eigenvalue weighted by Crippen LogP contribution is 2.32. The number of benzene rings is 1. The predicted octanol–water partition coefficient (Wildman–Crippen LogP) is 3.12. The Labute approximate surface area is 128 Å². The molecule has 0 aliphatic carbocycles. The molecule has 22 heavy (non-hydrogen) atoms. The van der Waals surface area contributed by atoms with Crippen molar-refractivity contribution in [3.8, 4) is 5.75 Å². The maximum absolute atomic E-state index is 13.9. The average Bonchev–Trinajstić information content (AvgIpc) is 2.92.